The highest BCUT2D eigenvalue weighted by molar-refractivity contribution is 9.10. The molecule has 0 saturated carbocycles. The SMILES string of the molecule is CC(C)C1(c2ccc(Br)cc2)CCCCN1. The van der Waals surface area contributed by atoms with Crippen molar-refractivity contribution in [3.8, 4) is 0 Å². The maximum atomic E-state index is 3.75. The third-order valence-corrected chi connectivity index (χ3v) is 4.31. The minimum Gasteiger partial charge on any atom is -0.307 e. The fourth-order valence-electron chi connectivity index (χ4n) is 2.75. The van der Waals surface area contributed by atoms with Crippen LogP contribution >= 0.6 is 15.9 Å². The van der Waals surface area contributed by atoms with E-state index < -0.39 is 0 Å². The van der Waals surface area contributed by atoms with E-state index >= 15 is 0 Å². The third kappa shape index (κ3) is 2.18. The van der Waals surface area contributed by atoms with E-state index in [1.165, 1.54) is 24.8 Å². The summed E-state index contributed by atoms with van der Waals surface area (Å²) in [6, 6.07) is 8.80. The summed E-state index contributed by atoms with van der Waals surface area (Å²) >= 11 is 3.50. The molecular formula is C14H20BrN. The molecule has 1 aromatic carbocycles. The summed E-state index contributed by atoms with van der Waals surface area (Å²) in [5.74, 6) is 0.633. The fourth-order valence-corrected chi connectivity index (χ4v) is 3.01. The van der Waals surface area contributed by atoms with Gasteiger partial charge in [0.15, 0.2) is 0 Å². The quantitative estimate of drug-likeness (QED) is 0.862. The van der Waals surface area contributed by atoms with Crippen molar-refractivity contribution in [1.82, 2.24) is 5.32 Å². The van der Waals surface area contributed by atoms with E-state index in [0.717, 1.165) is 11.0 Å². The van der Waals surface area contributed by atoms with Crippen LogP contribution in [-0.4, -0.2) is 6.54 Å². The summed E-state index contributed by atoms with van der Waals surface area (Å²) in [5, 5.41) is 3.75. The monoisotopic (exact) mass is 281 g/mol. The first kappa shape index (κ1) is 12.1. The van der Waals surface area contributed by atoms with Gasteiger partial charge in [-0.05, 0) is 49.4 Å². The molecule has 1 fully saturated rings. The molecule has 1 saturated heterocycles. The van der Waals surface area contributed by atoms with Gasteiger partial charge < -0.3 is 5.32 Å². The van der Waals surface area contributed by atoms with E-state index in [1.807, 2.05) is 0 Å². The van der Waals surface area contributed by atoms with Crippen molar-refractivity contribution in [2.45, 2.75) is 38.6 Å². The fraction of sp³-hybridized carbons (Fsp3) is 0.571. The Morgan fingerprint density at radius 2 is 1.88 bits per heavy atom. The first-order valence-electron chi connectivity index (χ1n) is 6.16. The second-order valence-corrected chi connectivity index (χ2v) is 5.93. The van der Waals surface area contributed by atoms with Crippen LogP contribution < -0.4 is 5.32 Å². The van der Waals surface area contributed by atoms with Crippen LogP contribution in [0.4, 0.5) is 0 Å². The van der Waals surface area contributed by atoms with Crippen molar-refractivity contribution >= 4 is 15.9 Å². The van der Waals surface area contributed by atoms with Gasteiger partial charge in [0.1, 0.15) is 0 Å². The zero-order valence-electron chi connectivity index (χ0n) is 10.1. The van der Waals surface area contributed by atoms with Crippen molar-refractivity contribution in [3.63, 3.8) is 0 Å². The molecule has 1 N–H and O–H groups in total. The molecule has 1 unspecified atom stereocenters. The zero-order chi connectivity index (χ0) is 11.6. The lowest BCUT2D eigenvalue weighted by Crippen LogP contribution is -2.49. The Labute approximate surface area is 107 Å². The summed E-state index contributed by atoms with van der Waals surface area (Å²) in [6.07, 6.45) is 3.90. The summed E-state index contributed by atoms with van der Waals surface area (Å²) in [5.41, 5.74) is 1.63. The number of hydrogen-bond donors (Lipinski definition) is 1. The number of rotatable bonds is 2. The number of hydrogen-bond acceptors (Lipinski definition) is 1. The van der Waals surface area contributed by atoms with Crippen molar-refractivity contribution in [1.29, 1.82) is 0 Å². The summed E-state index contributed by atoms with van der Waals surface area (Å²) in [6.45, 7) is 5.79. The lowest BCUT2D eigenvalue weighted by atomic mass is 9.74. The van der Waals surface area contributed by atoms with E-state index in [-0.39, 0.29) is 5.54 Å². The molecule has 0 radical (unpaired) electrons. The first-order valence-corrected chi connectivity index (χ1v) is 6.95. The van der Waals surface area contributed by atoms with Crippen LogP contribution in [0.15, 0.2) is 28.7 Å². The Morgan fingerprint density at radius 1 is 1.19 bits per heavy atom. The van der Waals surface area contributed by atoms with Gasteiger partial charge in [0.05, 0.1) is 0 Å². The predicted molar refractivity (Wildman–Crippen MR) is 72.5 cm³/mol. The number of benzene rings is 1. The van der Waals surface area contributed by atoms with Crippen LogP contribution in [0, 0.1) is 5.92 Å². The highest BCUT2D eigenvalue weighted by Crippen LogP contribution is 2.37. The second-order valence-electron chi connectivity index (χ2n) is 5.02. The van der Waals surface area contributed by atoms with Gasteiger partial charge in [0, 0.05) is 10.0 Å². The standard InChI is InChI=1S/C14H20BrN/c1-11(2)14(9-3-4-10-16-14)12-5-7-13(15)8-6-12/h5-8,11,16H,3-4,9-10H2,1-2H3. The Hall–Kier alpha value is -0.340. The van der Waals surface area contributed by atoms with Crippen molar-refractivity contribution in [2.75, 3.05) is 6.54 Å². The highest BCUT2D eigenvalue weighted by atomic mass is 79.9. The highest BCUT2D eigenvalue weighted by Gasteiger charge is 2.36. The smallest absolute Gasteiger partial charge is 0.0457 e. The first-order chi connectivity index (χ1) is 7.65. The van der Waals surface area contributed by atoms with Crippen LogP contribution in [0.2, 0.25) is 0 Å². The van der Waals surface area contributed by atoms with Crippen molar-refractivity contribution in [2.24, 2.45) is 5.92 Å². The molecule has 1 aliphatic heterocycles. The molecule has 2 rings (SSSR count). The minimum atomic E-state index is 0.193. The molecule has 1 aliphatic rings. The van der Waals surface area contributed by atoms with Crippen LogP contribution in [0.5, 0.6) is 0 Å². The Morgan fingerprint density at radius 3 is 2.38 bits per heavy atom. The third-order valence-electron chi connectivity index (χ3n) is 3.78. The number of nitrogens with one attached hydrogen (secondary N) is 1. The average Bonchev–Trinajstić information content (AvgIpc) is 2.30. The summed E-state index contributed by atoms with van der Waals surface area (Å²) in [4.78, 5) is 0. The van der Waals surface area contributed by atoms with Gasteiger partial charge in [0.25, 0.3) is 0 Å². The van der Waals surface area contributed by atoms with Gasteiger partial charge in [-0.2, -0.15) is 0 Å². The summed E-state index contributed by atoms with van der Waals surface area (Å²) in [7, 11) is 0. The van der Waals surface area contributed by atoms with Crippen LogP contribution in [-0.2, 0) is 5.54 Å². The van der Waals surface area contributed by atoms with Crippen LogP contribution in [0.25, 0.3) is 0 Å². The van der Waals surface area contributed by atoms with E-state index in [4.69, 9.17) is 0 Å². The van der Waals surface area contributed by atoms with Gasteiger partial charge in [-0.1, -0.05) is 41.9 Å². The minimum absolute atomic E-state index is 0.193. The Kier molecular flexibility index (Phi) is 3.70. The maximum Gasteiger partial charge on any atom is 0.0457 e. The van der Waals surface area contributed by atoms with E-state index in [0.29, 0.717) is 5.92 Å². The zero-order valence-corrected chi connectivity index (χ0v) is 11.7. The van der Waals surface area contributed by atoms with E-state index in [9.17, 15) is 0 Å². The molecule has 1 atom stereocenters. The second kappa shape index (κ2) is 4.89. The molecule has 1 nitrogen and oxygen atoms in total. The number of piperidine rings is 1. The van der Waals surface area contributed by atoms with Crippen molar-refractivity contribution in [3.05, 3.63) is 34.3 Å². The molecular weight excluding hydrogens is 262 g/mol. The predicted octanol–water partition coefficient (Wildman–Crippen LogP) is 4.07. The lowest BCUT2D eigenvalue weighted by Gasteiger charge is -2.42. The van der Waals surface area contributed by atoms with Gasteiger partial charge >= 0.3 is 0 Å². The van der Waals surface area contributed by atoms with Gasteiger partial charge in [-0.3, -0.25) is 0 Å². The molecule has 0 bridgehead atoms. The van der Waals surface area contributed by atoms with Gasteiger partial charge in [0.2, 0.25) is 0 Å². The molecule has 16 heavy (non-hydrogen) atoms. The lowest BCUT2D eigenvalue weighted by molar-refractivity contribution is 0.184. The van der Waals surface area contributed by atoms with Crippen LogP contribution in [0.3, 0.4) is 0 Å². The van der Waals surface area contributed by atoms with E-state index in [1.54, 1.807) is 0 Å². The summed E-state index contributed by atoms with van der Waals surface area (Å²) < 4.78 is 1.16. The normalized spacial score (nSPS) is 26.0. The molecule has 88 valence electrons. The molecule has 0 aromatic heterocycles. The number of halogens is 1. The van der Waals surface area contributed by atoms with Gasteiger partial charge in [-0.15, -0.1) is 0 Å². The molecule has 0 spiro atoms. The largest absolute Gasteiger partial charge is 0.307 e. The van der Waals surface area contributed by atoms with Crippen molar-refractivity contribution < 1.29 is 0 Å². The topological polar surface area (TPSA) is 12.0 Å². The molecule has 1 heterocycles. The van der Waals surface area contributed by atoms with E-state index in [2.05, 4.69) is 59.4 Å². The van der Waals surface area contributed by atoms with Gasteiger partial charge in [-0.25, -0.2) is 0 Å². The Bertz CT molecular complexity index is 336. The average molecular weight is 282 g/mol. The molecule has 0 aliphatic carbocycles. The Balaban J connectivity index is 2.34. The molecule has 2 heteroatoms. The molecule has 0 amide bonds. The van der Waals surface area contributed by atoms with Crippen LogP contribution in [0.1, 0.15) is 38.7 Å². The molecule has 1 aromatic rings. The maximum absolute atomic E-state index is 3.75.